The molecule has 2 saturated heterocycles. The number of hydrogen-bond donors (Lipinski definition) is 3. The van der Waals surface area contributed by atoms with Gasteiger partial charge in [0.25, 0.3) is 0 Å². The van der Waals surface area contributed by atoms with Gasteiger partial charge in [-0.3, -0.25) is 9.69 Å². The second-order valence-electron chi connectivity index (χ2n) is 13.3. The summed E-state index contributed by atoms with van der Waals surface area (Å²) in [6.07, 6.45) is -1.03. The Balaban J connectivity index is -0.000000321. The highest BCUT2D eigenvalue weighted by Gasteiger charge is 2.42. The fraction of sp³-hybridized carbons (Fsp3) is 0.885. The van der Waals surface area contributed by atoms with E-state index in [-0.39, 0.29) is 46.5 Å². The molecule has 0 aromatic carbocycles. The van der Waals surface area contributed by atoms with Gasteiger partial charge >= 0.3 is 18.0 Å². The van der Waals surface area contributed by atoms with Crippen LogP contribution in [0.4, 0.5) is 4.79 Å². The van der Waals surface area contributed by atoms with Gasteiger partial charge in [-0.05, 0) is 32.9 Å². The van der Waals surface area contributed by atoms with E-state index in [9.17, 15) is 24.6 Å². The molecule has 0 unspecified atom stereocenters. The third-order valence-electron chi connectivity index (χ3n) is 5.76. The number of likely N-dealkylation sites (tertiary alicyclic amines) is 1. The Morgan fingerprint density at radius 1 is 0.829 bits per heavy atom. The number of carbonyl (C=O) groups is 3. The minimum Gasteiger partial charge on any atom is -1.00 e. The van der Waals surface area contributed by atoms with Crippen LogP contribution < -0.4 is 19.4 Å². The number of halogens is 3. The normalized spacial score (nSPS) is 21.9. The summed E-state index contributed by atoms with van der Waals surface area (Å²) in [7, 11) is -2.40. The number of hydrogen-bond acceptors (Lipinski definition) is 9. The van der Waals surface area contributed by atoms with Crippen LogP contribution in [0.2, 0.25) is 51.4 Å². The molecule has 2 fully saturated rings. The summed E-state index contributed by atoms with van der Waals surface area (Å²) in [5, 5.41) is 22.0. The van der Waals surface area contributed by atoms with Crippen LogP contribution in [0.15, 0.2) is 0 Å². The standard InChI is InChI=1S/C15H29NO5Si.C10H21NO3Si.CH4.3FH/c1-15(2,3)21-14(19)16-10-11(17)9-12(16)13(18)20-7-8-22(4,5)6;1-15(2,3)5-4-14-10(13)9-6-8(12)7-11-9;;;;/h11-12,17H,7-10H2,1-6H3;8-9,11-12H,4-7H2,1-3H3;1H4;3*1H/p-3/t11-,12+;8-,9+;;;;/m11..../s1. The first-order valence-electron chi connectivity index (χ1n) is 13.2. The molecule has 0 spiro atoms. The van der Waals surface area contributed by atoms with Crippen molar-refractivity contribution < 1.29 is 52.9 Å². The van der Waals surface area contributed by atoms with Crippen molar-refractivity contribution in [3.8, 4) is 0 Å². The fourth-order valence-electron chi connectivity index (χ4n) is 3.57. The van der Waals surface area contributed by atoms with Crippen molar-refractivity contribution in [1.82, 2.24) is 10.2 Å². The van der Waals surface area contributed by atoms with Gasteiger partial charge < -0.3 is 43.9 Å². The lowest BCUT2D eigenvalue weighted by atomic mass is 10.2. The van der Waals surface area contributed by atoms with E-state index < -0.39 is 52.1 Å². The molecule has 41 heavy (non-hydrogen) atoms. The summed E-state index contributed by atoms with van der Waals surface area (Å²) in [5.41, 5.74) is -0.642. The zero-order valence-corrected chi connectivity index (χ0v) is 27.4. The molecule has 10 nitrogen and oxygen atoms in total. The second kappa shape index (κ2) is 19.5. The van der Waals surface area contributed by atoms with E-state index in [1.165, 1.54) is 4.90 Å². The fourth-order valence-corrected chi connectivity index (χ4v) is 5.00. The number of nitrogens with zero attached hydrogens (tertiary/aromatic N) is 1. The monoisotopic (exact) mass is 635 g/mol. The first kappa shape index (κ1) is 46.3. The maximum Gasteiger partial charge on any atom is 0.411 e. The van der Waals surface area contributed by atoms with E-state index in [2.05, 4.69) is 44.6 Å². The lowest BCUT2D eigenvalue weighted by Crippen LogP contribution is -3.00. The molecule has 0 saturated carbocycles. The number of β-amino-alcohol motifs (C(OH)–C–C–N with tert-alkyl or cyclic N) is 2. The largest absolute Gasteiger partial charge is 1.00 e. The maximum atomic E-state index is 12.2. The molecule has 3 N–H and O–H groups in total. The molecule has 0 aliphatic carbocycles. The third-order valence-corrected chi connectivity index (χ3v) is 9.17. The van der Waals surface area contributed by atoms with Gasteiger partial charge in [0.1, 0.15) is 17.7 Å². The average Bonchev–Trinajstić information content (AvgIpc) is 3.31. The van der Waals surface area contributed by atoms with Gasteiger partial charge in [-0.2, -0.15) is 0 Å². The van der Waals surface area contributed by atoms with E-state index >= 15 is 0 Å². The Bertz CT molecular complexity index is 777. The van der Waals surface area contributed by atoms with E-state index in [0.717, 1.165) is 12.1 Å². The smallest absolute Gasteiger partial charge is 0.411 e. The third kappa shape index (κ3) is 20.0. The van der Waals surface area contributed by atoms with Crippen molar-refractivity contribution in [2.75, 3.05) is 26.3 Å². The zero-order valence-electron chi connectivity index (χ0n) is 25.4. The predicted octanol–water partition coefficient (Wildman–Crippen LogP) is -5.52. The van der Waals surface area contributed by atoms with Crippen LogP contribution >= 0.6 is 0 Å². The number of ether oxygens (including phenoxy) is 3. The van der Waals surface area contributed by atoms with Crippen LogP contribution in [0.3, 0.4) is 0 Å². The zero-order chi connectivity index (χ0) is 28.6. The summed E-state index contributed by atoms with van der Waals surface area (Å²) in [5.74, 6) is -0.676. The Kier molecular flexibility index (Phi) is 22.0. The minimum absolute atomic E-state index is 0. The quantitative estimate of drug-likeness (QED) is 0.136. The number of esters is 2. The first-order chi connectivity index (χ1) is 16.8. The van der Waals surface area contributed by atoms with E-state index in [1.54, 1.807) is 20.8 Å². The van der Waals surface area contributed by atoms with Crippen molar-refractivity contribution >= 4 is 34.2 Å². The summed E-state index contributed by atoms with van der Waals surface area (Å²) >= 11 is 0. The van der Waals surface area contributed by atoms with Gasteiger partial charge in [0.15, 0.2) is 0 Å². The summed E-state index contributed by atoms with van der Waals surface area (Å²) in [6.45, 7) is 20.1. The van der Waals surface area contributed by atoms with Crippen LogP contribution in [0.25, 0.3) is 0 Å². The van der Waals surface area contributed by atoms with Gasteiger partial charge in [0, 0.05) is 35.5 Å². The number of aliphatic hydroxyl groups is 2. The minimum atomic E-state index is -1.28. The molecule has 248 valence electrons. The highest BCUT2D eigenvalue weighted by Crippen LogP contribution is 2.23. The van der Waals surface area contributed by atoms with E-state index in [0.29, 0.717) is 26.2 Å². The van der Waals surface area contributed by atoms with E-state index in [1.807, 2.05) is 0 Å². The first-order valence-corrected chi connectivity index (χ1v) is 20.6. The number of carbonyl (C=O) groups excluding carboxylic acids is 3. The van der Waals surface area contributed by atoms with Gasteiger partial charge in [-0.15, -0.1) is 0 Å². The number of amides is 1. The van der Waals surface area contributed by atoms with Crippen molar-refractivity contribution in [3.05, 3.63) is 0 Å². The van der Waals surface area contributed by atoms with Crippen LogP contribution in [0.5, 0.6) is 0 Å². The molecule has 0 bridgehead atoms. The Labute approximate surface area is 246 Å². The van der Waals surface area contributed by atoms with Crippen LogP contribution in [0, 0.1) is 0 Å². The molecule has 15 heteroatoms. The summed E-state index contributed by atoms with van der Waals surface area (Å²) in [4.78, 5) is 37.1. The molecule has 2 heterocycles. The van der Waals surface area contributed by atoms with Gasteiger partial charge in [0.05, 0.1) is 32.0 Å². The molecule has 0 aromatic rings. The Morgan fingerprint density at radius 2 is 1.29 bits per heavy atom. The van der Waals surface area contributed by atoms with Gasteiger partial charge in [-0.1, -0.05) is 46.7 Å². The van der Waals surface area contributed by atoms with Crippen molar-refractivity contribution in [1.29, 1.82) is 0 Å². The second-order valence-corrected chi connectivity index (χ2v) is 24.6. The van der Waals surface area contributed by atoms with Gasteiger partial charge in [0.2, 0.25) is 0 Å². The molecule has 4 atom stereocenters. The van der Waals surface area contributed by atoms with Crippen LogP contribution in [0.1, 0.15) is 41.0 Å². The SMILES string of the molecule is C.CC(C)(C)OC(=O)N1C[C@H](O)C[C@H]1C(=O)OCC[Si](C)(C)C.C[Si](C)(C)CCOC(=O)[C@@H]1C[C@@H](O)CN1.[F-].[F-].[F-]. The number of rotatable bonds is 8. The molecule has 2 aliphatic rings. The lowest BCUT2D eigenvalue weighted by Gasteiger charge is -2.27. The summed E-state index contributed by atoms with van der Waals surface area (Å²) in [6, 6.07) is 0.808. The number of aliphatic hydroxyl groups excluding tert-OH is 2. The molecular formula is C26H54F3N2O8Si2-3. The summed E-state index contributed by atoms with van der Waals surface area (Å²) < 4.78 is 15.8. The van der Waals surface area contributed by atoms with E-state index in [4.69, 9.17) is 14.2 Å². The Hall–Kier alpha value is -1.69. The molecule has 0 radical (unpaired) electrons. The highest BCUT2D eigenvalue weighted by atomic mass is 28.3. The molecule has 0 aromatic heterocycles. The molecule has 1 amide bonds. The van der Waals surface area contributed by atoms with Gasteiger partial charge in [-0.25, -0.2) is 9.59 Å². The topological polar surface area (TPSA) is 135 Å². The van der Waals surface area contributed by atoms with Crippen molar-refractivity contribution in [2.24, 2.45) is 0 Å². The highest BCUT2D eigenvalue weighted by molar-refractivity contribution is 6.76. The van der Waals surface area contributed by atoms with Crippen molar-refractivity contribution in [2.45, 2.75) is 122 Å². The number of nitrogens with one attached hydrogen (secondary N) is 1. The Morgan fingerprint density at radius 3 is 1.68 bits per heavy atom. The molecule has 2 rings (SSSR count). The lowest BCUT2D eigenvalue weighted by molar-refractivity contribution is -0.148. The predicted molar refractivity (Wildman–Crippen MR) is 155 cm³/mol. The maximum absolute atomic E-state index is 12.2. The molecular weight excluding hydrogens is 581 g/mol. The van der Waals surface area contributed by atoms with Crippen LogP contribution in [-0.4, -0.2) is 105 Å². The van der Waals surface area contributed by atoms with Crippen molar-refractivity contribution in [3.63, 3.8) is 0 Å². The average molecular weight is 636 g/mol. The van der Waals surface area contributed by atoms with Crippen LogP contribution in [-0.2, 0) is 23.8 Å². The molecule has 2 aliphatic heterocycles.